The summed E-state index contributed by atoms with van der Waals surface area (Å²) in [5, 5.41) is 2.78. The number of nitrogens with one attached hydrogen (secondary N) is 1. The van der Waals surface area contributed by atoms with E-state index in [0.717, 1.165) is 19.4 Å². The molecule has 0 saturated heterocycles. The van der Waals surface area contributed by atoms with Crippen LogP contribution in [0.15, 0.2) is 24.3 Å². The standard InChI is InChI=1S/C14H21FN2O2/c1-17(2)10-4-3-9-16-14(18)11-19-13-7-5-12(15)6-8-13/h5-8H,3-4,9-11H2,1-2H3,(H,16,18). The third kappa shape index (κ3) is 7.41. The Bertz CT molecular complexity index is 380. The molecular formula is C14H21FN2O2. The second-order valence-corrected chi connectivity index (χ2v) is 4.60. The number of benzene rings is 1. The Morgan fingerprint density at radius 2 is 1.95 bits per heavy atom. The molecule has 4 nitrogen and oxygen atoms in total. The number of unbranched alkanes of at least 4 members (excludes halogenated alkanes) is 1. The first-order valence-corrected chi connectivity index (χ1v) is 6.38. The summed E-state index contributed by atoms with van der Waals surface area (Å²) in [6.07, 6.45) is 1.99. The molecule has 0 bridgehead atoms. The Kier molecular flexibility index (Phi) is 6.89. The molecule has 5 heteroatoms. The number of hydrogen-bond donors (Lipinski definition) is 1. The fourth-order valence-electron chi connectivity index (χ4n) is 1.51. The second kappa shape index (κ2) is 8.48. The normalized spacial score (nSPS) is 10.5. The van der Waals surface area contributed by atoms with Gasteiger partial charge in [-0.1, -0.05) is 0 Å². The highest BCUT2D eigenvalue weighted by atomic mass is 19.1. The van der Waals surface area contributed by atoms with Crippen LogP contribution in [-0.4, -0.2) is 44.6 Å². The molecule has 0 heterocycles. The zero-order valence-corrected chi connectivity index (χ0v) is 11.5. The summed E-state index contributed by atoms with van der Waals surface area (Å²) in [6.45, 7) is 1.63. The van der Waals surface area contributed by atoms with Crippen molar-refractivity contribution in [2.24, 2.45) is 0 Å². The molecule has 0 spiro atoms. The minimum Gasteiger partial charge on any atom is -0.484 e. The summed E-state index contributed by atoms with van der Waals surface area (Å²) in [4.78, 5) is 13.6. The van der Waals surface area contributed by atoms with Crippen LogP contribution in [0.1, 0.15) is 12.8 Å². The molecular weight excluding hydrogens is 247 g/mol. The topological polar surface area (TPSA) is 41.6 Å². The van der Waals surface area contributed by atoms with Crippen molar-refractivity contribution < 1.29 is 13.9 Å². The molecule has 0 unspecified atom stereocenters. The number of carbonyl (C=O) groups excluding carboxylic acids is 1. The smallest absolute Gasteiger partial charge is 0.257 e. The molecule has 106 valence electrons. The van der Waals surface area contributed by atoms with E-state index in [-0.39, 0.29) is 18.3 Å². The van der Waals surface area contributed by atoms with Crippen LogP contribution in [0.3, 0.4) is 0 Å². The minimum absolute atomic E-state index is 0.0423. The van der Waals surface area contributed by atoms with Gasteiger partial charge in [-0.15, -0.1) is 0 Å². The summed E-state index contributed by atoms with van der Waals surface area (Å²) < 4.78 is 17.9. The largest absolute Gasteiger partial charge is 0.484 e. The van der Waals surface area contributed by atoms with Crippen LogP contribution in [0.5, 0.6) is 5.75 Å². The van der Waals surface area contributed by atoms with Crippen LogP contribution in [0, 0.1) is 5.82 Å². The number of nitrogens with zero attached hydrogens (tertiary/aromatic N) is 1. The number of rotatable bonds is 8. The van der Waals surface area contributed by atoms with Crippen LogP contribution in [-0.2, 0) is 4.79 Å². The maximum atomic E-state index is 12.6. The Morgan fingerprint density at radius 3 is 2.58 bits per heavy atom. The fraction of sp³-hybridized carbons (Fsp3) is 0.500. The molecule has 0 fully saturated rings. The number of ether oxygens (including phenoxy) is 1. The highest BCUT2D eigenvalue weighted by Gasteiger charge is 2.02. The number of hydrogen-bond acceptors (Lipinski definition) is 3. The first-order valence-electron chi connectivity index (χ1n) is 6.38. The van der Waals surface area contributed by atoms with E-state index in [1.807, 2.05) is 14.1 Å². The molecule has 0 atom stereocenters. The quantitative estimate of drug-likeness (QED) is 0.729. The van der Waals surface area contributed by atoms with Gasteiger partial charge in [0, 0.05) is 6.54 Å². The van der Waals surface area contributed by atoms with E-state index in [9.17, 15) is 9.18 Å². The van der Waals surface area contributed by atoms with Crippen molar-refractivity contribution in [1.82, 2.24) is 10.2 Å². The van der Waals surface area contributed by atoms with Crippen LogP contribution >= 0.6 is 0 Å². The van der Waals surface area contributed by atoms with E-state index in [4.69, 9.17) is 4.74 Å². The summed E-state index contributed by atoms with van der Waals surface area (Å²) in [7, 11) is 4.05. The van der Waals surface area contributed by atoms with Gasteiger partial charge in [-0.05, 0) is 57.7 Å². The van der Waals surface area contributed by atoms with Gasteiger partial charge in [0.25, 0.3) is 5.91 Å². The molecule has 1 aromatic carbocycles. The van der Waals surface area contributed by atoms with Crippen molar-refractivity contribution in [3.63, 3.8) is 0 Å². The van der Waals surface area contributed by atoms with Gasteiger partial charge < -0.3 is 15.0 Å². The Labute approximate surface area is 113 Å². The Morgan fingerprint density at radius 1 is 1.26 bits per heavy atom. The third-order valence-electron chi connectivity index (χ3n) is 2.54. The van der Waals surface area contributed by atoms with Crippen LogP contribution in [0.2, 0.25) is 0 Å². The van der Waals surface area contributed by atoms with Gasteiger partial charge in [-0.25, -0.2) is 4.39 Å². The lowest BCUT2D eigenvalue weighted by atomic mass is 10.3. The van der Waals surface area contributed by atoms with Crippen LogP contribution < -0.4 is 10.1 Å². The summed E-state index contributed by atoms with van der Waals surface area (Å²) >= 11 is 0. The lowest BCUT2D eigenvalue weighted by molar-refractivity contribution is -0.123. The number of carbonyl (C=O) groups is 1. The molecule has 0 aliphatic rings. The minimum atomic E-state index is -0.322. The maximum absolute atomic E-state index is 12.6. The molecule has 1 aromatic rings. The molecule has 19 heavy (non-hydrogen) atoms. The molecule has 0 aliphatic carbocycles. The summed E-state index contributed by atoms with van der Waals surface area (Å²) in [6, 6.07) is 5.60. The fourth-order valence-corrected chi connectivity index (χ4v) is 1.51. The average Bonchev–Trinajstić information content (AvgIpc) is 2.37. The average molecular weight is 268 g/mol. The third-order valence-corrected chi connectivity index (χ3v) is 2.54. The van der Waals surface area contributed by atoms with Crippen molar-refractivity contribution in [3.8, 4) is 5.75 Å². The van der Waals surface area contributed by atoms with Crippen molar-refractivity contribution in [2.45, 2.75) is 12.8 Å². The lowest BCUT2D eigenvalue weighted by Gasteiger charge is -2.10. The molecule has 0 radical (unpaired) electrons. The van der Waals surface area contributed by atoms with E-state index < -0.39 is 0 Å². The predicted octanol–water partition coefficient (Wildman–Crippen LogP) is 1.66. The Hall–Kier alpha value is -1.62. The van der Waals surface area contributed by atoms with Crippen LogP contribution in [0.25, 0.3) is 0 Å². The van der Waals surface area contributed by atoms with Crippen molar-refractivity contribution >= 4 is 5.91 Å². The molecule has 1 amide bonds. The predicted molar refractivity (Wildman–Crippen MR) is 72.7 cm³/mol. The maximum Gasteiger partial charge on any atom is 0.257 e. The molecule has 0 aromatic heterocycles. The Balaban J connectivity index is 2.09. The summed E-state index contributed by atoms with van der Waals surface area (Å²) in [5.74, 6) is 0.0102. The van der Waals surface area contributed by atoms with Gasteiger partial charge in [0.1, 0.15) is 11.6 Å². The van der Waals surface area contributed by atoms with Gasteiger partial charge in [0.2, 0.25) is 0 Å². The van der Waals surface area contributed by atoms with Gasteiger partial charge in [-0.3, -0.25) is 4.79 Å². The zero-order chi connectivity index (χ0) is 14.1. The SMILES string of the molecule is CN(C)CCCCNC(=O)COc1ccc(F)cc1. The van der Waals surface area contributed by atoms with E-state index in [1.54, 1.807) is 0 Å². The number of amides is 1. The van der Waals surface area contributed by atoms with Crippen molar-refractivity contribution in [2.75, 3.05) is 33.8 Å². The number of halogens is 1. The zero-order valence-electron chi connectivity index (χ0n) is 11.5. The molecule has 0 aliphatic heterocycles. The van der Waals surface area contributed by atoms with E-state index in [1.165, 1.54) is 24.3 Å². The van der Waals surface area contributed by atoms with E-state index >= 15 is 0 Å². The van der Waals surface area contributed by atoms with Crippen molar-refractivity contribution in [1.29, 1.82) is 0 Å². The van der Waals surface area contributed by atoms with E-state index in [2.05, 4.69) is 10.2 Å². The van der Waals surface area contributed by atoms with Gasteiger partial charge >= 0.3 is 0 Å². The molecule has 1 rings (SSSR count). The summed E-state index contributed by atoms with van der Waals surface area (Å²) in [5.41, 5.74) is 0. The van der Waals surface area contributed by atoms with Gasteiger partial charge in [0.05, 0.1) is 0 Å². The van der Waals surface area contributed by atoms with Crippen LogP contribution in [0.4, 0.5) is 4.39 Å². The first-order chi connectivity index (χ1) is 9.08. The molecule has 1 N–H and O–H groups in total. The molecule has 0 saturated carbocycles. The van der Waals surface area contributed by atoms with Gasteiger partial charge in [0.15, 0.2) is 6.61 Å². The lowest BCUT2D eigenvalue weighted by Crippen LogP contribution is -2.30. The van der Waals surface area contributed by atoms with Gasteiger partial charge in [-0.2, -0.15) is 0 Å². The highest BCUT2D eigenvalue weighted by Crippen LogP contribution is 2.10. The highest BCUT2D eigenvalue weighted by molar-refractivity contribution is 5.77. The van der Waals surface area contributed by atoms with E-state index in [0.29, 0.717) is 12.3 Å². The monoisotopic (exact) mass is 268 g/mol. The second-order valence-electron chi connectivity index (χ2n) is 4.60. The van der Waals surface area contributed by atoms with Crippen molar-refractivity contribution in [3.05, 3.63) is 30.1 Å². The first kappa shape index (κ1) is 15.4.